The van der Waals surface area contributed by atoms with Crippen molar-refractivity contribution in [1.29, 1.82) is 0 Å². The second-order valence-corrected chi connectivity index (χ2v) is 7.41. The van der Waals surface area contributed by atoms with Crippen LogP contribution in [0.3, 0.4) is 0 Å². The Labute approximate surface area is 168 Å². The van der Waals surface area contributed by atoms with Gasteiger partial charge in [-0.2, -0.15) is 5.10 Å². The predicted octanol–water partition coefficient (Wildman–Crippen LogP) is 3.60. The molecule has 152 valence electrons. The van der Waals surface area contributed by atoms with Crippen molar-refractivity contribution in [1.82, 2.24) is 19.9 Å². The number of hydrogen-bond donors (Lipinski definition) is 1. The van der Waals surface area contributed by atoms with Gasteiger partial charge >= 0.3 is 12.1 Å². The van der Waals surface area contributed by atoms with Crippen LogP contribution in [0.15, 0.2) is 42.7 Å². The van der Waals surface area contributed by atoms with Crippen LogP contribution >= 0.6 is 0 Å². The van der Waals surface area contributed by atoms with Gasteiger partial charge in [-0.05, 0) is 45.4 Å². The Hall–Kier alpha value is -3.42. The van der Waals surface area contributed by atoms with E-state index < -0.39 is 17.7 Å². The van der Waals surface area contributed by atoms with Gasteiger partial charge in [0.15, 0.2) is 5.65 Å². The highest BCUT2D eigenvalue weighted by Crippen LogP contribution is 2.22. The van der Waals surface area contributed by atoms with E-state index in [1.165, 1.54) is 0 Å². The lowest BCUT2D eigenvalue weighted by molar-refractivity contribution is 0.0515. The number of alkyl carbamates (subject to hydrolysis) is 1. The highest BCUT2D eigenvalue weighted by Gasteiger charge is 2.17. The van der Waals surface area contributed by atoms with E-state index in [4.69, 9.17) is 9.47 Å². The van der Waals surface area contributed by atoms with Crippen molar-refractivity contribution < 1.29 is 19.1 Å². The van der Waals surface area contributed by atoms with Gasteiger partial charge in [0.25, 0.3) is 0 Å². The molecule has 29 heavy (non-hydrogen) atoms. The molecule has 8 heteroatoms. The zero-order valence-electron chi connectivity index (χ0n) is 16.9. The summed E-state index contributed by atoms with van der Waals surface area (Å²) in [6.07, 6.45) is 2.77. The third kappa shape index (κ3) is 5.10. The molecular formula is C21H24N4O4. The minimum absolute atomic E-state index is 0.273. The molecule has 0 aliphatic rings. The van der Waals surface area contributed by atoms with Gasteiger partial charge in [0.05, 0.1) is 12.3 Å². The van der Waals surface area contributed by atoms with E-state index in [-0.39, 0.29) is 6.61 Å². The number of imidazole rings is 1. The van der Waals surface area contributed by atoms with Crippen LogP contribution in [0.2, 0.25) is 0 Å². The molecule has 2 heterocycles. The Kier molecular flexibility index (Phi) is 5.81. The maximum atomic E-state index is 12.3. The molecule has 0 fully saturated rings. The summed E-state index contributed by atoms with van der Waals surface area (Å²) in [6.45, 7) is 7.77. The van der Waals surface area contributed by atoms with Crippen LogP contribution in [-0.4, -0.2) is 38.9 Å². The van der Waals surface area contributed by atoms with Gasteiger partial charge in [0.2, 0.25) is 0 Å². The quantitative estimate of drug-likeness (QED) is 0.662. The monoisotopic (exact) mass is 396 g/mol. The van der Waals surface area contributed by atoms with Gasteiger partial charge in [-0.15, -0.1) is 0 Å². The van der Waals surface area contributed by atoms with Crippen LogP contribution in [0.4, 0.5) is 4.79 Å². The molecule has 1 amide bonds. The summed E-state index contributed by atoms with van der Waals surface area (Å²) in [6, 6.07) is 9.21. The molecule has 0 saturated heterocycles. The van der Waals surface area contributed by atoms with E-state index in [0.717, 1.165) is 11.1 Å². The topological polar surface area (TPSA) is 94.8 Å². The predicted molar refractivity (Wildman–Crippen MR) is 107 cm³/mol. The molecule has 0 radical (unpaired) electrons. The van der Waals surface area contributed by atoms with Gasteiger partial charge in [-0.1, -0.05) is 18.2 Å². The van der Waals surface area contributed by atoms with Crippen molar-refractivity contribution in [2.24, 2.45) is 0 Å². The molecule has 0 aliphatic heterocycles. The van der Waals surface area contributed by atoms with E-state index in [2.05, 4.69) is 15.4 Å². The summed E-state index contributed by atoms with van der Waals surface area (Å²) < 4.78 is 11.9. The van der Waals surface area contributed by atoms with Crippen molar-refractivity contribution in [3.8, 4) is 11.3 Å². The Morgan fingerprint density at radius 2 is 2.00 bits per heavy atom. The summed E-state index contributed by atoms with van der Waals surface area (Å²) in [5.41, 5.74) is 2.50. The summed E-state index contributed by atoms with van der Waals surface area (Å²) in [5.74, 6) is -0.449. The standard InChI is InChI=1S/C21H24N4O4/c1-5-28-19(26)16-12-17(24-25-10-9-22-18(16)25)15-8-6-7-14(11-15)13-23-20(27)29-21(2,3)4/h6-12H,5,13H2,1-4H3,(H,23,27). The van der Waals surface area contributed by atoms with Crippen molar-refractivity contribution in [3.05, 3.63) is 53.9 Å². The number of nitrogens with zero attached hydrogens (tertiary/aromatic N) is 3. The van der Waals surface area contributed by atoms with E-state index in [0.29, 0.717) is 23.4 Å². The molecule has 1 N–H and O–H groups in total. The first kappa shape index (κ1) is 20.3. The van der Waals surface area contributed by atoms with Crippen LogP contribution in [0.5, 0.6) is 0 Å². The number of rotatable bonds is 5. The highest BCUT2D eigenvalue weighted by atomic mass is 16.6. The second-order valence-electron chi connectivity index (χ2n) is 7.41. The lowest BCUT2D eigenvalue weighted by Gasteiger charge is -2.19. The van der Waals surface area contributed by atoms with Crippen molar-refractivity contribution in [2.75, 3.05) is 6.61 Å². The maximum absolute atomic E-state index is 12.3. The molecule has 0 aliphatic carbocycles. The fraction of sp³-hybridized carbons (Fsp3) is 0.333. The van der Waals surface area contributed by atoms with E-state index in [9.17, 15) is 9.59 Å². The third-order valence-corrected chi connectivity index (χ3v) is 3.91. The molecule has 3 aromatic rings. The molecule has 3 rings (SSSR count). The number of aromatic nitrogens is 3. The maximum Gasteiger partial charge on any atom is 0.407 e. The number of amides is 1. The molecule has 0 atom stereocenters. The summed E-state index contributed by atoms with van der Waals surface area (Å²) >= 11 is 0. The molecule has 8 nitrogen and oxygen atoms in total. The highest BCUT2D eigenvalue weighted by molar-refractivity contribution is 5.96. The molecule has 0 unspecified atom stereocenters. The average Bonchev–Trinajstić information content (AvgIpc) is 3.13. The second kappa shape index (κ2) is 8.30. The van der Waals surface area contributed by atoms with Crippen molar-refractivity contribution >= 4 is 17.7 Å². The Morgan fingerprint density at radius 3 is 2.72 bits per heavy atom. The Bertz CT molecular complexity index is 1040. The first-order valence-electron chi connectivity index (χ1n) is 9.34. The van der Waals surface area contributed by atoms with E-state index >= 15 is 0 Å². The zero-order chi connectivity index (χ0) is 21.0. The van der Waals surface area contributed by atoms with E-state index in [1.54, 1.807) is 29.9 Å². The number of nitrogens with one attached hydrogen (secondary N) is 1. The number of fused-ring (bicyclic) bond motifs is 1. The minimum atomic E-state index is -0.556. The number of hydrogen-bond acceptors (Lipinski definition) is 6. The van der Waals surface area contributed by atoms with Crippen LogP contribution < -0.4 is 5.32 Å². The fourth-order valence-electron chi connectivity index (χ4n) is 2.75. The molecular weight excluding hydrogens is 372 g/mol. The molecule has 1 aromatic carbocycles. The number of carbonyl (C=O) groups excluding carboxylic acids is 2. The van der Waals surface area contributed by atoms with Gasteiger partial charge in [-0.25, -0.2) is 19.1 Å². The van der Waals surface area contributed by atoms with Gasteiger partial charge in [0.1, 0.15) is 11.2 Å². The van der Waals surface area contributed by atoms with Crippen molar-refractivity contribution in [2.45, 2.75) is 39.8 Å². The number of carbonyl (C=O) groups is 2. The summed E-state index contributed by atoms with van der Waals surface area (Å²) in [7, 11) is 0. The van der Waals surface area contributed by atoms with Crippen LogP contribution in [0, 0.1) is 0 Å². The van der Waals surface area contributed by atoms with Gasteiger partial charge in [-0.3, -0.25) is 0 Å². The molecule has 0 spiro atoms. The molecule has 0 bridgehead atoms. The van der Waals surface area contributed by atoms with Crippen LogP contribution in [-0.2, 0) is 16.0 Å². The number of ether oxygens (including phenoxy) is 2. The lowest BCUT2D eigenvalue weighted by atomic mass is 10.1. The van der Waals surface area contributed by atoms with Gasteiger partial charge in [0, 0.05) is 24.5 Å². The first-order valence-corrected chi connectivity index (χ1v) is 9.34. The normalized spacial score (nSPS) is 11.3. The number of benzene rings is 1. The smallest absolute Gasteiger partial charge is 0.407 e. The third-order valence-electron chi connectivity index (χ3n) is 3.91. The van der Waals surface area contributed by atoms with E-state index in [1.807, 2.05) is 45.0 Å². The molecule has 2 aromatic heterocycles. The minimum Gasteiger partial charge on any atom is -0.462 e. The lowest BCUT2D eigenvalue weighted by Crippen LogP contribution is -2.32. The number of esters is 1. The zero-order valence-corrected chi connectivity index (χ0v) is 16.9. The van der Waals surface area contributed by atoms with Crippen molar-refractivity contribution in [3.63, 3.8) is 0 Å². The Morgan fingerprint density at radius 1 is 1.21 bits per heavy atom. The Balaban J connectivity index is 1.86. The average molecular weight is 396 g/mol. The van der Waals surface area contributed by atoms with Crippen LogP contribution in [0.25, 0.3) is 16.9 Å². The fourth-order valence-corrected chi connectivity index (χ4v) is 2.75. The van der Waals surface area contributed by atoms with Crippen LogP contribution in [0.1, 0.15) is 43.6 Å². The summed E-state index contributed by atoms with van der Waals surface area (Å²) in [5, 5.41) is 7.26. The summed E-state index contributed by atoms with van der Waals surface area (Å²) in [4.78, 5) is 28.4. The molecule has 0 saturated carbocycles. The largest absolute Gasteiger partial charge is 0.462 e. The van der Waals surface area contributed by atoms with Gasteiger partial charge < -0.3 is 14.8 Å². The SMILES string of the molecule is CCOC(=O)c1cc(-c2cccc(CNC(=O)OC(C)(C)C)c2)nn2ccnc12. The first-order chi connectivity index (χ1) is 13.8.